The van der Waals surface area contributed by atoms with Crippen LogP contribution < -0.4 is 15.5 Å². The van der Waals surface area contributed by atoms with Crippen LogP contribution in [0.1, 0.15) is 123 Å². The van der Waals surface area contributed by atoms with Crippen molar-refractivity contribution in [3.8, 4) is 0 Å². The topological polar surface area (TPSA) is 41.2 Å². The van der Waals surface area contributed by atoms with Gasteiger partial charge in [0.15, 0.2) is 0 Å². The third-order valence-electron chi connectivity index (χ3n) is 9.25. The maximum atomic E-state index is 13.0. The molecule has 3 aromatic carbocycles. The van der Waals surface area contributed by atoms with Crippen LogP contribution in [0.15, 0.2) is 54.6 Å². The molecule has 0 radical (unpaired) electrons. The van der Waals surface area contributed by atoms with Crippen molar-refractivity contribution in [2.24, 2.45) is 22.0 Å². The summed E-state index contributed by atoms with van der Waals surface area (Å²) in [5.74, 6) is -0.433. The zero-order valence-corrected chi connectivity index (χ0v) is 33.8. The van der Waals surface area contributed by atoms with Crippen LogP contribution in [0.4, 0.5) is 27.1 Å². The van der Waals surface area contributed by atoms with E-state index in [9.17, 15) is 4.39 Å². The van der Waals surface area contributed by atoms with Gasteiger partial charge in [-0.2, -0.15) is 0 Å². The minimum Gasteiger partial charge on any atom is -0.380 e. The molecule has 5 rings (SSSR count). The fourth-order valence-corrected chi connectivity index (χ4v) is 7.12. The van der Waals surface area contributed by atoms with Crippen LogP contribution in [0, 0.1) is 35.2 Å². The third kappa shape index (κ3) is 14.6. The number of benzene rings is 3. The first kappa shape index (κ1) is 42.5. The molecule has 2 fully saturated rings. The van der Waals surface area contributed by atoms with Gasteiger partial charge in [-0.1, -0.05) is 110 Å². The number of piperidine rings is 2. The van der Waals surface area contributed by atoms with Gasteiger partial charge >= 0.3 is 0 Å². The minimum absolute atomic E-state index is 0.117. The van der Waals surface area contributed by atoms with Gasteiger partial charge in [0.1, 0.15) is 5.82 Å². The molecule has 5 nitrogen and oxygen atoms in total. The molecule has 6 heteroatoms. The Morgan fingerprint density at radius 1 is 0.558 bits per heavy atom. The van der Waals surface area contributed by atoms with Gasteiger partial charge in [0, 0.05) is 44.1 Å². The molecule has 0 atom stereocenters. The van der Waals surface area contributed by atoms with Crippen molar-refractivity contribution in [3.63, 3.8) is 0 Å². The second-order valence-corrected chi connectivity index (χ2v) is 18.3. The highest BCUT2D eigenvalue weighted by Crippen LogP contribution is 2.34. The molecule has 0 aromatic heterocycles. The Morgan fingerprint density at radius 2 is 0.942 bits per heavy atom. The Balaban J connectivity index is 0.000000213. The van der Waals surface area contributed by atoms with E-state index in [0.29, 0.717) is 12.0 Å². The number of nitrogens with two attached hydrogens (primary N) is 1. The van der Waals surface area contributed by atoms with Crippen molar-refractivity contribution in [1.82, 2.24) is 0 Å². The molecule has 2 saturated heterocycles. The number of anilines is 2. The van der Waals surface area contributed by atoms with E-state index in [0.717, 1.165) is 49.3 Å². The second kappa shape index (κ2) is 19.3. The molecule has 0 aliphatic carbocycles. The summed E-state index contributed by atoms with van der Waals surface area (Å²) in [6.45, 7) is 39.4. The Labute approximate surface area is 316 Å². The Bertz CT molecular complexity index is 1650. The Morgan fingerprint density at radius 3 is 1.37 bits per heavy atom. The summed E-state index contributed by atoms with van der Waals surface area (Å²) in [4.78, 5) is 11.8. The van der Waals surface area contributed by atoms with Crippen LogP contribution in [0.3, 0.4) is 0 Å². The minimum atomic E-state index is -0.433. The first-order valence-corrected chi connectivity index (χ1v) is 19.4. The molecule has 2 N–H and O–H groups in total. The number of nitrogens with zero attached hydrogens (tertiary/aromatic N) is 4. The van der Waals surface area contributed by atoms with Gasteiger partial charge < -0.3 is 15.5 Å². The molecule has 52 heavy (non-hydrogen) atoms. The highest BCUT2D eigenvalue weighted by Gasteiger charge is 2.19. The predicted octanol–water partition coefficient (Wildman–Crippen LogP) is 12.5. The molecule has 0 amide bonds. The lowest BCUT2D eigenvalue weighted by Crippen LogP contribution is -2.30. The van der Waals surface area contributed by atoms with Crippen molar-refractivity contribution in [3.05, 3.63) is 106 Å². The predicted molar refractivity (Wildman–Crippen MR) is 221 cm³/mol. The van der Waals surface area contributed by atoms with E-state index in [1.54, 1.807) is 12.1 Å². The second-order valence-electron chi connectivity index (χ2n) is 18.3. The maximum absolute atomic E-state index is 13.0. The summed E-state index contributed by atoms with van der Waals surface area (Å²) in [6, 6.07) is 18.1. The molecule has 2 aliphatic heterocycles. The van der Waals surface area contributed by atoms with Gasteiger partial charge in [0.2, 0.25) is 11.4 Å². The molecular weight excluding hydrogens is 642 g/mol. The first-order valence-electron chi connectivity index (χ1n) is 19.4. The zero-order valence-electron chi connectivity index (χ0n) is 33.8. The number of halogens is 1. The van der Waals surface area contributed by atoms with Gasteiger partial charge in [0.05, 0.1) is 13.1 Å². The van der Waals surface area contributed by atoms with Crippen LogP contribution in [-0.4, -0.2) is 26.2 Å². The SMILES string of the molecule is CC(C)(C)Cc1ccc(N2CCCCC2)c(CN)c1.[C-]#[N+]c1cc(CC(C)(C)C)ccc1F.[C-]#[N+]c1cc(CC(C)(C)C)ccc1N1CCCCC1. The molecule has 2 heterocycles. The number of hydrogen-bond donors (Lipinski definition) is 1. The van der Waals surface area contributed by atoms with Crippen LogP contribution in [0.25, 0.3) is 9.69 Å². The van der Waals surface area contributed by atoms with E-state index >= 15 is 0 Å². The van der Waals surface area contributed by atoms with Gasteiger partial charge in [-0.15, -0.1) is 0 Å². The van der Waals surface area contributed by atoms with E-state index in [2.05, 4.69) is 118 Å². The number of hydrogen-bond acceptors (Lipinski definition) is 3. The normalized spacial score (nSPS) is 15.0. The largest absolute Gasteiger partial charge is 0.380 e. The smallest absolute Gasteiger partial charge is 0.222 e. The molecule has 0 spiro atoms. The van der Waals surface area contributed by atoms with Crippen LogP contribution in [0.2, 0.25) is 0 Å². The fraction of sp³-hybridized carbons (Fsp3) is 0.565. The summed E-state index contributed by atoms with van der Waals surface area (Å²) in [7, 11) is 0. The molecule has 0 unspecified atom stereocenters. The Hall–Kier alpha value is -3.87. The fourth-order valence-electron chi connectivity index (χ4n) is 7.12. The Kier molecular flexibility index (Phi) is 15.8. The van der Waals surface area contributed by atoms with Crippen molar-refractivity contribution >= 4 is 22.7 Å². The van der Waals surface area contributed by atoms with E-state index in [1.807, 2.05) is 0 Å². The highest BCUT2D eigenvalue weighted by molar-refractivity contribution is 5.72. The highest BCUT2D eigenvalue weighted by atomic mass is 19.1. The average molecular weight is 708 g/mol. The summed E-state index contributed by atoms with van der Waals surface area (Å²) in [5.41, 5.74) is 15.2. The van der Waals surface area contributed by atoms with E-state index < -0.39 is 5.82 Å². The monoisotopic (exact) mass is 708 g/mol. The van der Waals surface area contributed by atoms with Crippen LogP contribution in [-0.2, 0) is 25.8 Å². The summed E-state index contributed by atoms with van der Waals surface area (Å²) in [5, 5.41) is 0. The van der Waals surface area contributed by atoms with Gasteiger partial charge in [-0.3, -0.25) is 0 Å². The molecule has 2 aliphatic rings. The van der Waals surface area contributed by atoms with Crippen LogP contribution in [0.5, 0.6) is 0 Å². The summed E-state index contributed by atoms with van der Waals surface area (Å²) < 4.78 is 13.0. The lowest BCUT2D eigenvalue weighted by atomic mass is 9.87. The average Bonchev–Trinajstić information content (AvgIpc) is 3.08. The van der Waals surface area contributed by atoms with E-state index in [4.69, 9.17) is 18.9 Å². The van der Waals surface area contributed by atoms with Gasteiger partial charge in [-0.25, -0.2) is 14.1 Å². The van der Waals surface area contributed by atoms with Crippen molar-refractivity contribution < 1.29 is 4.39 Å². The molecule has 0 bridgehead atoms. The van der Waals surface area contributed by atoms with E-state index in [1.165, 1.54) is 80.1 Å². The zero-order chi connectivity index (χ0) is 38.5. The van der Waals surface area contributed by atoms with Crippen LogP contribution >= 0.6 is 0 Å². The van der Waals surface area contributed by atoms with Crippen molar-refractivity contribution in [1.29, 1.82) is 0 Å². The summed E-state index contributed by atoms with van der Waals surface area (Å²) >= 11 is 0. The molecule has 0 saturated carbocycles. The standard InChI is InChI=1S/C17H24N2.C17H28N2.C12H14FN/c1-17(2,3)13-14-8-9-16(15(12-14)18-4)19-10-6-5-7-11-19;1-17(2,3)12-14-7-8-16(15(11-14)13-18)19-9-5-4-6-10-19;1-12(2,3)8-9-5-6-10(13)11(7-9)14-4/h8-9,12H,5-7,10-11,13H2,1-3H3;7-8,11H,4-6,9-10,12-13,18H2,1-3H3;5-7H,8H2,1-3H3. The maximum Gasteiger partial charge on any atom is 0.222 e. The lowest BCUT2D eigenvalue weighted by Gasteiger charge is -2.31. The van der Waals surface area contributed by atoms with E-state index in [-0.39, 0.29) is 16.5 Å². The van der Waals surface area contributed by atoms with Crippen molar-refractivity contribution in [2.45, 2.75) is 127 Å². The third-order valence-corrected chi connectivity index (χ3v) is 9.25. The van der Waals surface area contributed by atoms with Gasteiger partial charge in [-0.05, 0) is 103 Å². The van der Waals surface area contributed by atoms with Crippen molar-refractivity contribution in [2.75, 3.05) is 36.0 Å². The summed E-state index contributed by atoms with van der Waals surface area (Å²) in [6.07, 6.45) is 10.8. The van der Waals surface area contributed by atoms with Gasteiger partial charge in [0.25, 0.3) is 0 Å². The molecular formula is C46H66FN5. The number of rotatable bonds is 6. The quantitative estimate of drug-likeness (QED) is 0.259. The first-order chi connectivity index (χ1) is 24.4. The lowest BCUT2D eigenvalue weighted by molar-refractivity contribution is 0.410. The molecule has 3 aromatic rings. The molecule has 282 valence electrons.